The lowest BCUT2D eigenvalue weighted by atomic mass is 9.99. The number of carbonyl (C=O) groups is 1. The van der Waals surface area contributed by atoms with Crippen molar-refractivity contribution < 1.29 is 18.3 Å². The third-order valence-electron chi connectivity index (χ3n) is 5.93. The number of ether oxygens (including phenoxy) is 1. The van der Waals surface area contributed by atoms with Crippen molar-refractivity contribution in [1.82, 2.24) is 14.9 Å². The maximum atomic E-state index is 14.6. The summed E-state index contributed by atoms with van der Waals surface area (Å²) in [6, 6.07) is 7.82. The van der Waals surface area contributed by atoms with Gasteiger partial charge in [-0.1, -0.05) is 0 Å². The van der Waals surface area contributed by atoms with Crippen LogP contribution in [0.25, 0.3) is 0 Å². The summed E-state index contributed by atoms with van der Waals surface area (Å²) < 4.78 is 34.0. The molecule has 2 atom stereocenters. The van der Waals surface area contributed by atoms with Crippen molar-refractivity contribution in [2.45, 2.75) is 30.7 Å². The van der Waals surface area contributed by atoms with Gasteiger partial charge >= 0.3 is 0 Å². The Morgan fingerprint density at radius 1 is 1.43 bits per heavy atom. The van der Waals surface area contributed by atoms with Gasteiger partial charge in [0.05, 0.1) is 18.2 Å². The van der Waals surface area contributed by atoms with Gasteiger partial charge < -0.3 is 15.0 Å². The van der Waals surface area contributed by atoms with E-state index in [0.717, 1.165) is 6.42 Å². The average molecular weight is 413 g/mol. The smallest absolute Gasteiger partial charge is 0.274 e. The molecule has 1 saturated heterocycles. The monoisotopic (exact) mass is 413 g/mol. The number of fused-ring (bicyclic) bond motifs is 1. The zero-order valence-electron chi connectivity index (χ0n) is 16.4. The van der Waals surface area contributed by atoms with Crippen LogP contribution in [0, 0.1) is 17.2 Å². The molecule has 3 heterocycles. The maximum Gasteiger partial charge on any atom is 0.274 e. The van der Waals surface area contributed by atoms with Crippen molar-refractivity contribution in [1.29, 1.82) is 5.26 Å². The SMILES string of the molecule is COc1cc(C(F)(F)CCC(=O)N2CC3CC32CNc2ccc(C#N)cn2)ccn1. The molecular formula is C21H21F2N5O2. The minimum atomic E-state index is -3.14. The van der Waals surface area contributed by atoms with E-state index >= 15 is 0 Å². The number of methoxy groups -OCH3 is 1. The van der Waals surface area contributed by atoms with Crippen LogP contribution in [0.3, 0.4) is 0 Å². The van der Waals surface area contributed by atoms with Gasteiger partial charge in [0.15, 0.2) is 0 Å². The van der Waals surface area contributed by atoms with Crippen molar-refractivity contribution >= 4 is 11.7 Å². The minimum absolute atomic E-state index is 0.114. The Labute approximate surface area is 172 Å². The molecule has 1 aliphatic heterocycles. The van der Waals surface area contributed by atoms with E-state index in [0.29, 0.717) is 30.4 Å². The molecule has 2 aliphatic rings. The highest BCUT2D eigenvalue weighted by molar-refractivity contribution is 5.79. The molecule has 9 heteroatoms. The lowest BCUT2D eigenvalue weighted by molar-refractivity contribution is -0.141. The van der Waals surface area contributed by atoms with Gasteiger partial charge in [0, 0.05) is 55.9 Å². The second-order valence-corrected chi connectivity index (χ2v) is 7.70. The Morgan fingerprint density at radius 3 is 2.90 bits per heavy atom. The third-order valence-corrected chi connectivity index (χ3v) is 5.93. The van der Waals surface area contributed by atoms with Crippen LogP contribution in [0.2, 0.25) is 0 Å². The van der Waals surface area contributed by atoms with E-state index in [-0.39, 0.29) is 29.3 Å². The number of nitriles is 1. The van der Waals surface area contributed by atoms with E-state index in [1.54, 1.807) is 17.0 Å². The quantitative estimate of drug-likeness (QED) is 0.716. The maximum absolute atomic E-state index is 14.6. The predicted octanol–water partition coefficient (Wildman–Crippen LogP) is 2.94. The molecular weight excluding hydrogens is 392 g/mol. The number of pyridine rings is 2. The number of hydrogen-bond acceptors (Lipinski definition) is 6. The van der Waals surface area contributed by atoms with Gasteiger partial charge in [-0.2, -0.15) is 5.26 Å². The summed E-state index contributed by atoms with van der Waals surface area (Å²) in [6.45, 7) is 1.12. The molecule has 0 spiro atoms. The molecule has 2 fully saturated rings. The van der Waals surface area contributed by atoms with E-state index in [1.807, 2.05) is 6.07 Å². The van der Waals surface area contributed by atoms with Crippen molar-refractivity contribution in [3.63, 3.8) is 0 Å². The zero-order valence-corrected chi connectivity index (χ0v) is 16.4. The van der Waals surface area contributed by atoms with Crippen LogP contribution in [0.15, 0.2) is 36.7 Å². The summed E-state index contributed by atoms with van der Waals surface area (Å²) in [5.41, 5.74) is -0.0449. The summed E-state index contributed by atoms with van der Waals surface area (Å²) >= 11 is 0. The molecule has 1 N–H and O–H groups in total. The number of rotatable bonds is 8. The predicted molar refractivity (Wildman–Crippen MR) is 104 cm³/mol. The molecule has 0 radical (unpaired) electrons. The molecule has 0 aromatic carbocycles. The second-order valence-electron chi connectivity index (χ2n) is 7.70. The van der Waals surface area contributed by atoms with Crippen molar-refractivity contribution in [3.05, 3.63) is 47.8 Å². The van der Waals surface area contributed by atoms with Crippen molar-refractivity contribution in [2.24, 2.45) is 5.92 Å². The summed E-state index contributed by atoms with van der Waals surface area (Å²) in [5, 5.41) is 12.0. The van der Waals surface area contributed by atoms with Crippen LogP contribution in [0.4, 0.5) is 14.6 Å². The number of halogens is 2. The van der Waals surface area contributed by atoms with Gasteiger partial charge in [-0.3, -0.25) is 4.79 Å². The zero-order chi connectivity index (χ0) is 21.4. The van der Waals surface area contributed by atoms with Crippen LogP contribution < -0.4 is 10.1 Å². The first-order valence-corrected chi connectivity index (χ1v) is 9.67. The number of amides is 1. The number of alkyl halides is 2. The number of hydrogen-bond donors (Lipinski definition) is 1. The lowest BCUT2D eigenvalue weighted by Gasteiger charge is -2.41. The fourth-order valence-corrected chi connectivity index (χ4v) is 3.98. The Balaban J connectivity index is 1.33. The first-order valence-electron chi connectivity index (χ1n) is 9.67. The van der Waals surface area contributed by atoms with Crippen molar-refractivity contribution in [2.75, 3.05) is 25.5 Å². The number of nitrogens with zero attached hydrogens (tertiary/aromatic N) is 4. The van der Waals surface area contributed by atoms with E-state index in [9.17, 15) is 13.6 Å². The van der Waals surface area contributed by atoms with E-state index in [1.165, 1.54) is 31.6 Å². The summed E-state index contributed by atoms with van der Waals surface area (Å²) in [7, 11) is 1.37. The highest BCUT2D eigenvalue weighted by Gasteiger charge is 2.68. The molecule has 156 valence electrons. The van der Waals surface area contributed by atoms with E-state index in [2.05, 4.69) is 15.3 Å². The Hall–Kier alpha value is -3.28. The number of nitrogens with one attached hydrogen (secondary N) is 1. The second kappa shape index (κ2) is 7.52. The largest absolute Gasteiger partial charge is 0.481 e. The molecule has 2 unspecified atom stereocenters. The van der Waals surface area contributed by atoms with Gasteiger partial charge in [0.2, 0.25) is 11.8 Å². The highest BCUT2D eigenvalue weighted by atomic mass is 19.3. The van der Waals surface area contributed by atoms with Gasteiger partial charge in [-0.15, -0.1) is 0 Å². The van der Waals surface area contributed by atoms with Crippen LogP contribution in [-0.4, -0.2) is 46.5 Å². The molecule has 0 bridgehead atoms. The summed E-state index contributed by atoms with van der Waals surface area (Å²) in [6.07, 6.45) is 2.80. The molecule has 7 nitrogen and oxygen atoms in total. The van der Waals surface area contributed by atoms with Gasteiger partial charge in [0.1, 0.15) is 11.9 Å². The fraction of sp³-hybridized carbons (Fsp3) is 0.429. The van der Waals surface area contributed by atoms with E-state index in [4.69, 9.17) is 10.00 Å². The fourth-order valence-electron chi connectivity index (χ4n) is 3.98. The molecule has 1 amide bonds. The van der Waals surface area contributed by atoms with Crippen LogP contribution >= 0.6 is 0 Å². The van der Waals surface area contributed by atoms with Gasteiger partial charge in [0.25, 0.3) is 5.92 Å². The standard InChI is InChI=1S/C21H21F2N5O2/c1-30-18-8-15(5-7-25-18)21(22,23)6-4-19(29)28-12-16-9-20(16,28)13-27-17-3-2-14(10-24)11-26-17/h2-3,5,7-8,11,16H,4,6,9,12-13H2,1H3,(H,26,27). The molecule has 1 saturated carbocycles. The number of carbonyl (C=O) groups excluding carboxylic acids is 1. The topological polar surface area (TPSA) is 91.1 Å². The normalized spacial score (nSPS) is 21.8. The van der Waals surface area contributed by atoms with E-state index < -0.39 is 12.3 Å². The number of aromatic nitrogens is 2. The lowest BCUT2D eigenvalue weighted by Crippen LogP contribution is -2.56. The first kappa shape index (κ1) is 20.0. The van der Waals surface area contributed by atoms with Gasteiger partial charge in [-0.25, -0.2) is 18.7 Å². The van der Waals surface area contributed by atoms with Gasteiger partial charge in [-0.05, 0) is 24.6 Å². The Bertz CT molecular complexity index is 992. The molecule has 4 rings (SSSR count). The number of likely N-dealkylation sites (tertiary alicyclic amines) is 1. The first-order chi connectivity index (χ1) is 14.4. The summed E-state index contributed by atoms with van der Waals surface area (Å²) in [5.74, 6) is -2.27. The van der Waals surface area contributed by atoms with Crippen LogP contribution in [-0.2, 0) is 10.7 Å². The molecule has 1 aliphatic carbocycles. The minimum Gasteiger partial charge on any atom is -0.481 e. The highest BCUT2D eigenvalue weighted by Crippen LogP contribution is 2.58. The average Bonchev–Trinajstić information content (AvgIpc) is 3.34. The Morgan fingerprint density at radius 2 is 2.27 bits per heavy atom. The molecule has 30 heavy (non-hydrogen) atoms. The third kappa shape index (κ3) is 3.65. The van der Waals surface area contributed by atoms with Crippen molar-refractivity contribution in [3.8, 4) is 11.9 Å². The number of anilines is 1. The molecule has 2 aromatic heterocycles. The van der Waals surface area contributed by atoms with Crippen LogP contribution in [0.5, 0.6) is 5.88 Å². The summed E-state index contributed by atoms with van der Waals surface area (Å²) in [4.78, 5) is 22.3. The van der Waals surface area contributed by atoms with Crippen LogP contribution in [0.1, 0.15) is 30.4 Å². The Kier molecular flexibility index (Phi) is 5.02. The molecule has 2 aromatic rings.